The van der Waals surface area contributed by atoms with Crippen molar-refractivity contribution < 1.29 is 13.2 Å². The van der Waals surface area contributed by atoms with E-state index in [9.17, 15) is 8.42 Å². The standard InChI is InChI=1S/C18H23N3O3S/c22-25(23,20-8-1-11-21-12-14-24-15-13-21)18-4-2-16(3-5-18)17-6-9-19-10-7-17/h2-7,9-10,20H,1,8,11-15H2. The van der Waals surface area contributed by atoms with E-state index < -0.39 is 10.0 Å². The highest BCUT2D eigenvalue weighted by atomic mass is 32.2. The Kier molecular flexibility index (Phi) is 6.14. The maximum Gasteiger partial charge on any atom is 0.240 e. The predicted octanol–water partition coefficient (Wildman–Crippen LogP) is 1.75. The number of sulfonamides is 1. The van der Waals surface area contributed by atoms with Crippen LogP contribution >= 0.6 is 0 Å². The van der Waals surface area contributed by atoms with Crippen molar-refractivity contribution in [2.75, 3.05) is 39.4 Å². The van der Waals surface area contributed by atoms with Gasteiger partial charge in [-0.15, -0.1) is 0 Å². The molecular formula is C18H23N3O3S. The maximum atomic E-state index is 12.4. The molecule has 25 heavy (non-hydrogen) atoms. The highest BCUT2D eigenvalue weighted by Gasteiger charge is 2.14. The zero-order valence-corrected chi connectivity index (χ0v) is 14.9. The number of hydrogen-bond acceptors (Lipinski definition) is 5. The monoisotopic (exact) mass is 361 g/mol. The van der Waals surface area contributed by atoms with E-state index >= 15 is 0 Å². The summed E-state index contributed by atoms with van der Waals surface area (Å²) in [5.41, 5.74) is 1.98. The van der Waals surface area contributed by atoms with Crippen LogP contribution in [-0.4, -0.2) is 57.7 Å². The summed E-state index contributed by atoms with van der Waals surface area (Å²) in [5, 5.41) is 0. The van der Waals surface area contributed by atoms with Gasteiger partial charge in [0.25, 0.3) is 0 Å². The van der Waals surface area contributed by atoms with Crippen LogP contribution in [0.25, 0.3) is 11.1 Å². The third-order valence-electron chi connectivity index (χ3n) is 4.23. The van der Waals surface area contributed by atoms with Crippen LogP contribution < -0.4 is 4.72 Å². The van der Waals surface area contributed by atoms with Crippen molar-refractivity contribution in [3.63, 3.8) is 0 Å². The summed E-state index contributed by atoms with van der Waals surface area (Å²) < 4.78 is 32.7. The zero-order chi connectivity index (χ0) is 17.5. The number of nitrogens with one attached hydrogen (secondary N) is 1. The van der Waals surface area contributed by atoms with Gasteiger partial charge >= 0.3 is 0 Å². The molecule has 1 N–H and O–H groups in total. The summed E-state index contributed by atoms with van der Waals surface area (Å²) in [5.74, 6) is 0. The number of aromatic nitrogens is 1. The fourth-order valence-corrected chi connectivity index (χ4v) is 3.86. The van der Waals surface area contributed by atoms with E-state index in [1.165, 1.54) is 0 Å². The minimum absolute atomic E-state index is 0.289. The Hall–Kier alpha value is -1.80. The van der Waals surface area contributed by atoms with Gasteiger partial charge in [-0.25, -0.2) is 13.1 Å². The Labute approximate surface area is 148 Å². The van der Waals surface area contributed by atoms with Crippen molar-refractivity contribution in [1.82, 2.24) is 14.6 Å². The fourth-order valence-electron chi connectivity index (χ4n) is 2.79. The number of rotatable bonds is 7. The van der Waals surface area contributed by atoms with Gasteiger partial charge in [0.15, 0.2) is 0 Å². The van der Waals surface area contributed by atoms with Crippen LogP contribution in [0.3, 0.4) is 0 Å². The SMILES string of the molecule is O=S(=O)(NCCCN1CCOCC1)c1ccc(-c2ccncc2)cc1. The molecule has 0 atom stereocenters. The quantitative estimate of drug-likeness (QED) is 0.761. The maximum absolute atomic E-state index is 12.4. The van der Waals surface area contributed by atoms with Crippen LogP contribution in [0.5, 0.6) is 0 Å². The molecule has 0 radical (unpaired) electrons. The fraction of sp³-hybridized carbons (Fsp3) is 0.389. The van der Waals surface area contributed by atoms with E-state index in [2.05, 4.69) is 14.6 Å². The average Bonchev–Trinajstić information content (AvgIpc) is 2.67. The first-order valence-electron chi connectivity index (χ1n) is 8.45. The Balaban J connectivity index is 1.53. The van der Waals surface area contributed by atoms with Crippen LogP contribution in [0.4, 0.5) is 0 Å². The van der Waals surface area contributed by atoms with Crippen LogP contribution in [0, 0.1) is 0 Å². The molecule has 0 bridgehead atoms. The van der Waals surface area contributed by atoms with E-state index in [1.54, 1.807) is 24.5 Å². The molecule has 1 fully saturated rings. The van der Waals surface area contributed by atoms with Crippen LogP contribution in [0.15, 0.2) is 53.7 Å². The normalized spacial score (nSPS) is 16.0. The molecule has 0 aliphatic carbocycles. The Morgan fingerprint density at radius 1 is 1.00 bits per heavy atom. The lowest BCUT2D eigenvalue weighted by molar-refractivity contribution is 0.0376. The van der Waals surface area contributed by atoms with Gasteiger partial charge in [-0.1, -0.05) is 12.1 Å². The van der Waals surface area contributed by atoms with Gasteiger partial charge in [0.2, 0.25) is 10.0 Å². The van der Waals surface area contributed by atoms with Gasteiger partial charge < -0.3 is 4.74 Å². The molecule has 0 saturated carbocycles. The molecule has 7 heteroatoms. The molecule has 1 aromatic heterocycles. The molecule has 1 aromatic carbocycles. The summed E-state index contributed by atoms with van der Waals surface area (Å²) in [4.78, 5) is 6.57. The highest BCUT2D eigenvalue weighted by molar-refractivity contribution is 7.89. The number of hydrogen-bond donors (Lipinski definition) is 1. The van der Waals surface area contributed by atoms with Crippen molar-refractivity contribution in [2.45, 2.75) is 11.3 Å². The van der Waals surface area contributed by atoms with Crippen molar-refractivity contribution in [3.05, 3.63) is 48.8 Å². The molecule has 1 aliphatic heterocycles. The lowest BCUT2D eigenvalue weighted by Crippen LogP contribution is -2.38. The molecule has 2 heterocycles. The molecule has 6 nitrogen and oxygen atoms in total. The first-order chi connectivity index (χ1) is 12.1. The molecule has 3 rings (SSSR count). The average molecular weight is 361 g/mol. The molecule has 1 saturated heterocycles. The zero-order valence-electron chi connectivity index (χ0n) is 14.1. The molecule has 0 spiro atoms. The summed E-state index contributed by atoms with van der Waals surface area (Å²) in [6.45, 7) is 4.68. The minimum atomic E-state index is -3.47. The van der Waals surface area contributed by atoms with Crippen molar-refractivity contribution in [3.8, 4) is 11.1 Å². The molecule has 0 amide bonds. The van der Waals surface area contributed by atoms with Gasteiger partial charge in [-0.05, 0) is 48.4 Å². The van der Waals surface area contributed by atoms with E-state index in [1.807, 2.05) is 24.3 Å². The number of nitrogens with zero attached hydrogens (tertiary/aromatic N) is 2. The second-order valence-electron chi connectivity index (χ2n) is 5.97. The first kappa shape index (κ1) is 18.0. The van der Waals surface area contributed by atoms with Gasteiger partial charge in [0.1, 0.15) is 0 Å². The van der Waals surface area contributed by atoms with Crippen LogP contribution in [0.1, 0.15) is 6.42 Å². The number of pyridine rings is 1. The number of morpholine rings is 1. The first-order valence-corrected chi connectivity index (χ1v) is 9.94. The Morgan fingerprint density at radius 3 is 2.32 bits per heavy atom. The Morgan fingerprint density at radius 2 is 1.64 bits per heavy atom. The smallest absolute Gasteiger partial charge is 0.240 e. The van der Waals surface area contributed by atoms with Gasteiger partial charge in [0.05, 0.1) is 18.1 Å². The molecule has 134 valence electrons. The molecule has 2 aromatic rings. The summed E-state index contributed by atoms with van der Waals surface area (Å²) >= 11 is 0. The van der Waals surface area contributed by atoms with Crippen molar-refractivity contribution in [2.24, 2.45) is 0 Å². The topological polar surface area (TPSA) is 71.5 Å². The third-order valence-corrected chi connectivity index (χ3v) is 5.70. The van der Waals surface area contributed by atoms with Gasteiger partial charge in [-0.3, -0.25) is 9.88 Å². The van der Waals surface area contributed by atoms with Crippen molar-refractivity contribution >= 4 is 10.0 Å². The summed E-state index contributed by atoms with van der Waals surface area (Å²) in [6.07, 6.45) is 4.22. The highest BCUT2D eigenvalue weighted by Crippen LogP contribution is 2.20. The minimum Gasteiger partial charge on any atom is -0.379 e. The van der Waals surface area contributed by atoms with E-state index in [0.717, 1.165) is 50.4 Å². The molecule has 1 aliphatic rings. The largest absolute Gasteiger partial charge is 0.379 e. The van der Waals surface area contributed by atoms with E-state index in [-0.39, 0.29) is 4.90 Å². The summed E-state index contributed by atoms with van der Waals surface area (Å²) in [7, 11) is -3.47. The van der Waals surface area contributed by atoms with Crippen LogP contribution in [0.2, 0.25) is 0 Å². The Bertz CT molecular complexity index is 758. The van der Waals surface area contributed by atoms with Gasteiger partial charge in [-0.2, -0.15) is 0 Å². The van der Waals surface area contributed by atoms with Gasteiger partial charge in [0, 0.05) is 32.0 Å². The second kappa shape index (κ2) is 8.53. The second-order valence-corrected chi connectivity index (χ2v) is 7.73. The lowest BCUT2D eigenvalue weighted by Gasteiger charge is -2.26. The van der Waals surface area contributed by atoms with E-state index in [0.29, 0.717) is 6.54 Å². The lowest BCUT2D eigenvalue weighted by atomic mass is 10.1. The number of ether oxygens (including phenoxy) is 1. The third kappa shape index (κ3) is 5.09. The predicted molar refractivity (Wildman–Crippen MR) is 96.7 cm³/mol. The summed E-state index contributed by atoms with van der Waals surface area (Å²) in [6, 6.07) is 10.7. The molecular weight excluding hydrogens is 338 g/mol. The number of benzene rings is 1. The van der Waals surface area contributed by atoms with E-state index in [4.69, 9.17) is 4.74 Å². The van der Waals surface area contributed by atoms with Crippen LogP contribution in [-0.2, 0) is 14.8 Å². The van der Waals surface area contributed by atoms with Crippen molar-refractivity contribution in [1.29, 1.82) is 0 Å². The molecule has 0 unspecified atom stereocenters.